The molecule has 1 unspecified atom stereocenters. The van der Waals surface area contributed by atoms with Crippen LogP contribution in [-0.2, 0) is 19.6 Å². The van der Waals surface area contributed by atoms with Gasteiger partial charge in [0.25, 0.3) is 10.0 Å². The lowest BCUT2D eigenvalue weighted by Crippen LogP contribution is -2.44. The summed E-state index contributed by atoms with van der Waals surface area (Å²) in [7, 11) is -3.67. The highest BCUT2D eigenvalue weighted by Gasteiger charge is 2.37. The molecule has 1 amide bonds. The molecule has 0 spiro atoms. The number of hydrogen-bond acceptors (Lipinski definition) is 5. The van der Waals surface area contributed by atoms with Crippen LogP contribution in [0.1, 0.15) is 25.3 Å². The highest BCUT2D eigenvalue weighted by Crippen LogP contribution is 2.24. The Morgan fingerprint density at radius 1 is 1.38 bits per heavy atom. The number of amidine groups is 1. The third-order valence-corrected chi connectivity index (χ3v) is 5.56. The van der Waals surface area contributed by atoms with Crippen molar-refractivity contribution in [3.63, 3.8) is 0 Å². The molecule has 2 aliphatic rings. The van der Waals surface area contributed by atoms with Crippen molar-refractivity contribution in [3.05, 3.63) is 29.8 Å². The number of aliphatic imine (C=N–C) groups is 1. The topological polar surface area (TPSA) is 116 Å². The van der Waals surface area contributed by atoms with E-state index in [9.17, 15) is 23.1 Å². The molecule has 2 heterocycles. The number of amides is 1. The summed E-state index contributed by atoms with van der Waals surface area (Å²) >= 11 is 0. The smallest absolute Gasteiger partial charge is 0.326 e. The fourth-order valence-corrected chi connectivity index (χ4v) is 4.24. The number of hydrogen-bond donors (Lipinski definition) is 2. The zero-order valence-electron chi connectivity index (χ0n) is 13.0. The maximum atomic E-state index is 12.5. The molecular weight excluding hydrogens is 334 g/mol. The van der Waals surface area contributed by atoms with Crippen molar-refractivity contribution in [2.75, 3.05) is 6.54 Å². The predicted molar refractivity (Wildman–Crippen MR) is 85.1 cm³/mol. The Balaban J connectivity index is 1.87. The number of sulfonamides is 1. The number of nitrogens with one attached hydrogen (secondary N) is 1. The van der Waals surface area contributed by atoms with Gasteiger partial charge in [-0.25, -0.2) is 13.2 Å². The van der Waals surface area contributed by atoms with E-state index >= 15 is 0 Å². The standard InChI is InChI=1S/C15H17N3O5S/c1-9(14(19)18-8-4-6-11(18)15(20)21)16-13-10-5-2-3-7-12(10)24(22,23)17-13/h2-3,5,7,9,11H,4,6,8H2,1H3,(H,16,17)(H,20,21)/t9?,11-/m0/s1. The highest BCUT2D eigenvalue weighted by atomic mass is 32.2. The second-order valence-electron chi connectivity index (χ2n) is 5.78. The summed E-state index contributed by atoms with van der Waals surface area (Å²) in [5.74, 6) is -1.35. The predicted octanol–water partition coefficient (Wildman–Crippen LogP) is 0.189. The molecule has 8 nitrogen and oxygen atoms in total. The minimum Gasteiger partial charge on any atom is -0.480 e. The number of likely N-dealkylation sites (tertiary alicyclic amines) is 1. The van der Waals surface area contributed by atoms with Crippen molar-refractivity contribution < 1.29 is 23.1 Å². The van der Waals surface area contributed by atoms with Crippen molar-refractivity contribution in [3.8, 4) is 0 Å². The molecule has 1 fully saturated rings. The van der Waals surface area contributed by atoms with Gasteiger partial charge in [-0.2, -0.15) is 0 Å². The molecule has 9 heteroatoms. The van der Waals surface area contributed by atoms with Crippen LogP contribution in [-0.4, -0.2) is 54.8 Å². The third kappa shape index (κ3) is 2.75. The van der Waals surface area contributed by atoms with Gasteiger partial charge in [0.1, 0.15) is 17.9 Å². The molecule has 3 rings (SSSR count). The molecule has 2 aliphatic heterocycles. The van der Waals surface area contributed by atoms with E-state index in [-0.39, 0.29) is 10.7 Å². The first-order valence-corrected chi connectivity index (χ1v) is 9.03. The van der Waals surface area contributed by atoms with Gasteiger partial charge in [0.15, 0.2) is 0 Å². The van der Waals surface area contributed by atoms with Crippen molar-refractivity contribution in [1.29, 1.82) is 0 Å². The summed E-state index contributed by atoms with van der Waals surface area (Å²) in [6.07, 6.45) is 1.04. The van der Waals surface area contributed by atoms with Crippen molar-refractivity contribution >= 4 is 27.7 Å². The van der Waals surface area contributed by atoms with Crippen molar-refractivity contribution in [1.82, 2.24) is 9.62 Å². The van der Waals surface area contributed by atoms with Crippen LogP contribution in [0.2, 0.25) is 0 Å². The lowest BCUT2D eigenvalue weighted by molar-refractivity contribution is -0.148. The van der Waals surface area contributed by atoms with Gasteiger partial charge in [0.2, 0.25) is 5.91 Å². The number of aliphatic carboxylic acids is 1. The Morgan fingerprint density at radius 3 is 2.79 bits per heavy atom. The summed E-state index contributed by atoms with van der Waals surface area (Å²) in [6.45, 7) is 1.90. The van der Waals surface area contributed by atoms with Gasteiger partial charge < -0.3 is 10.0 Å². The molecule has 1 aromatic rings. The van der Waals surface area contributed by atoms with E-state index in [0.717, 1.165) is 0 Å². The molecule has 0 bridgehead atoms. The Morgan fingerprint density at radius 2 is 2.08 bits per heavy atom. The molecule has 24 heavy (non-hydrogen) atoms. The van der Waals surface area contributed by atoms with E-state index in [2.05, 4.69) is 9.71 Å². The van der Waals surface area contributed by atoms with E-state index in [1.165, 1.54) is 17.9 Å². The minimum absolute atomic E-state index is 0.109. The summed E-state index contributed by atoms with van der Waals surface area (Å²) in [4.78, 5) is 29.3. The Labute approximate surface area is 139 Å². The first-order chi connectivity index (χ1) is 11.3. The fourth-order valence-electron chi connectivity index (χ4n) is 3.01. The maximum Gasteiger partial charge on any atom is 0.326 e. The van der Waals surface area contributed by atoms with Gasteiger partial charge in [-0.1, -0.05) is 12.1 Å². The Hall–Kier alpha value is -2.42. The number of carboxylic acid groups (broad SMARTS) is 1. The van der Waals surface area contributed by atoms with Crippen LogP contribution in [0.4, 0.5) is 0 Å². The van der Waals surface area contributed by atoms with Gasteiger partial charge >= 0.3 is 5.97 Å². The SMILES string of the molecule is CC(N=C1NS(=O)(=O)c2ccccc21)C(=O)N1CCC[C@H]1C(=O)O. The number of fused-ring (bicyclic) bond motifs is 1. The molecule has 1 aromatic carbocycles. The first kappa shape index (κ1) is 16.4. The highest BCUT2D eigenvalue weighted by molar-refractivity contribution is 7.90. The third-order valence-electron chi connectivity index (χ3n) is 4.16. The summed E-state index contributed by atoms with van der Waals surface area (Å²) < 4.78 is 26.4. The zero-order valence-corrected chi connectivity index (χ0v) is 13.8. The van der Waals surface area contributed by atoms with Crippen molar-refractivity contribution in [2.24, 2.45) is 4.99 Å². The number of carbonyl (C=O) groups is 2. The van der Waals surface area contributed by atoms with E-state index in [0.29, 0.717) is 24.9 Å². The van der Waals surface area contributed by atoms with Gasteiger partial charge in [-0.15, -0.1) is 0 Å². The van der Waals surface area contributed by atoms with E-state index in [4.69, 9.17) is 0 Å². The largest absolute Gasteiger partial charge is 0.480 e. The molecule has 128 valence electrons. The number of rotatable bonds is 3. The quantitative estimate of drug-likeness (QED) is 0.806. The number of benzene rings is 1. The lowest BCUT2D eigenvalue weighted by Gasteiger charge is -2.23. The van der Waals surface area contributed by atoms with Crippen LogP contribution in [0.25, 0.3) is 0 Å². The molecular formula is C15H17N3O5S. The van der Waals surface area contributed by atoms with Gasteiger partial charge in [-0.05, 0) is 31.9 Å². The summed E-state index contributed by atoms with van der Waals surface area (Å²) in [5, 5.41) is 9.18. The average molecular weight is 351 g/mol. The monoisotopic (exact) mass is 351 g/mol. The first-order valence-electron chi connectivity index (χ1n) is 7.54. The van der Waals surface area contributed by atoms with Crippen LogP contribution in [0.15, 0.2) is 34.2 Å². The molecule has 0 saturated carbocycles. The van der Waals surface area contributed by atoms with Gasteiger partial charge in [0, 0.05) is 12.1 Å². The van der Waals surface area contributed by atoms with Crippen LogP contribution < -0.4 is 4.72 Å². The summed E-state index contributed by atoms with van der Waals surface area (Å²) in [5.41, 5.74) is 0.411. The summed E-state index contributed by atoms with van der Waals surface area (Å²) in [6, 6.07) is 4.65. The van der Waals surface area contributed by atoms with Crippen LogP contribution in [0.5, 0.6) is 0 Å². The molecule has 2 atom stereocenters. The van der Waals surface area contributed by atoms with Gasteiger partial charge in [0.05, 0.1) is 4.90 Å². The van der Waals surface area contributed by atoms with Crippen molar-refractivity contribution in [2.45, 2.75) is 36.7 Å². The second-order valence-corrected chi connectivity index (χ2v) is 7.43. The molecule has 0 aliphatic carbocycles. The molecule has 0 radical (unpaired) electrons. The maximum absolute atomic E-state index is 12.5. The van der Waals surface area contributed by atoms with Crippen LogP contribution in [0.3, 0.4) is 0 Å². The lowest BCUT2D eigenvalue weighted by atomic mass is 10.2. The van der Waals surface area contributed by atoms with Gasteiger partial charge in [-0.3, -0.25) is 14.5 Å². The van der Waals surface area contributed by atoms with Crippen LogP contribution >= 0.6 is 0 Å². The normalized spacial score (nSPS) is 24.5. The molecule has 1 saturated heterocycles. The fraction of sp³-hybridized carbons (Fsp3) is 0.400. The number of carboxylic acids is 1. The molecule has 2 N–H and O–H groups in total. The average Bonchev–Trinajstić information content (AvgIpc) is 3.11. The number of nitrogens with zero attached hydrogens (tertiary/aromatic N) is 2. The van der Waals surface area contributed by atoms with E-state index < -0.39 is 34.0 Å². The van der Waals surface area contributed by atoms with E-state index in [1.807, 2.05) is 0 Å². The van der Waals surface area contributed by atoms with E-state index in [1.54, 1.807) is 18.2 Å². The second kappa shape index (κ2) is 5.90. The number of carbonyl (C=O) groups excluding carboxylic acids is 1. The zero-order chi connectivity index (χ0) is 17.5. The minimum atomic E-state index is -3.67. The van der Waals surface area contributed by atoms with Crippen LogP contribution in [0, 0.1) is 0 Å². The Kier molecular flexibility index (Phi) is 4.04. The molecule has 0 aromatic heterocycles. The Bertz CT molecular complexity index is 833.